The summed E-state index contributed by atoms with van der Waals surface area (Å²) in [4.78, 5) is 0. The molecule has 1 saturated heterocycles. The Balaban J connectivity index is 0.000001000. The summed E-state index contributed by atoms with van der Waals surface area (Å²) < 4.78 is 25.6. The minimum absolute atomic E-state index is 0. The molecule has 0 aliphatic carbocycles. The van der Waals surface area contributed by atoms with Crippen LogP contribution in [0.1, 0.15) is 26.2 Å². The first-order valence-electron chi connectivity index (χ1n) is 3.78. The Kier molecular flexibility index (Phi) is 4.26. The summed E-state index contributed by atoms with van der Waals surface area (Å²) in [6.45, 7) is 2.53. The van der Waals surface area contributed by atoms with Crippen molar-refractivity contribution >= 4 is 12.4 Å². The molecule has 0 amide bonds. The first kappa shape index (κ1) is 11.1. The van der Waals surface area contributed by atoms with Crippen molar-refractivity contribution in [2.45, 2.75) is 38.2 Å². The predicted octanol–water partition coefficient (Wildman–Crippen LogP) is 2.21. The topological polar surface area (TPSA) is 12.0 Å². The van der Waals surface area contributed by atoms with Gasteiger partial charge in [0.1, 0.15) is 0 Å². The van der Waals surface area contributed by atoms with E-state index in [2.05, 4.69) is 5.32 Å². The summed E-state index contributed by atoms with van der Waals surface area (Å²) in [5.74, 6) is -2.47. The molecule has 1 aliphatic heterocycles. The van der Waals surface area contributed by atoms with Crippen molar-refractivity contribution in [1.29, 1.82) is 0 Å². The molecular weight excluding hydrogens is 172 g/mol. The molecule has 0 spiro atoms. The van der Waals surface area contributed by atoms with Crippen LogP contribution in [0.3, 0.4) is 0 Å². The second-order valence-corrected chi connectivity index (χ2v) is 2.78. The lowest BCUT2D eigenvalue weighted by atomic mass is 9.98. The highest BCUT2D eigenvalue weighted by atomic mass is 35.5. The largest absolute Gasteiger partial charge is 0.309 e. The molecule has 1 N–H and O–H groups in total. The maximum Gasteiger partial charge on any atom is 0.263 e. The van der Waals surface area contributed by atoms with Crippen LogP contribution in [0, 0.1) is 0 Å². The van der Waals surface area contributed by atoms with Crippen LogP contribution < -0.4 is 5.32 Å². The fraction of sp³-hybridized carbons (Fsp3) is 1.00. The number of piperidine rings is 1. The maximum absolute atomic E-state index is 12.8. The van der Waals surface area contributed by atoms with Crippen LogP contribution in [-0.2, 0) is 0 Å². The minimum atomic E-state index is -2.47. The molecule has 68 valence electrons. The average molecular weight is 186 g/mol. The normalized spacial score (nSPS) is 29.2. The van der Waals surface area contributed by atoms with Crippen LogP contribution >= 0.6 is 12.4 Å². The van der Waals surface area contributed by atoms with Crippen molar-refractivity contribution in [2.75, 3.05) is 6.54 Å². The number of alkyl halides is 2. The number of nitrogens with one attached hydrogen (secondary N) is 1. The number of rotatable bonds is 1. The first-order chi connectivity index (χ1) is 4.67. The highest BCUT2D eigenvalue weighted by Gasteiger charge is 2.39. The Labute approximate surface area is 72.0 Å². The van der Waals surface area contributed by atoms with Crippen LogP contribution in [0.25, 0.3) is 0 Å². The highest BCUT2D eigenvalue weighted by molar-refractivity contribution is 5.85. The highest BCUT2D eigenvalue weighted by Crippen LogP contribution is 2.29. The second kappa shape index (κ2) is 4.21. The van der Waals surface area contributed by atoms with E-state index in [1.54, 1.807) is 6.92 Å². The second-order valence-electron chi connectivity index (χ2n) is 2.78. The molecule has 1 unspecified atom stereocenters. The van der Waals surface area contributed by atoms with E-state index in [9.17, 15) is 8.78 Å². The predicted molar refractivity (Wildman–Crippen MR) is 43.5 cm³/mol. The molecule has 4 heteroatoms. The molecule has 0 aromatic heterocycles. The third-order valence-corrected chi connectivity index (χ3v) is 2.00. The van der Waals surface area contributed by atoms with Crippen molar-refractivity contribution in [3.63, 3.8) is 0 Å². The van der Waals surface area contributed by atoms with Gasteiger partial charge in [-0.05, 0) is 19.4 Å². The van der Waals surface area contributed by atoms with Crippen molar-refractivity contribution in [3.8, 4) is 0 Å². The van der Waals surface area contributed by atoms with E-state index in [0.717, 1.165) is 6.54 Å². The zero-order valence-electron chi connectivity index (χ0n) is 6.57. The summed E-state index contributed by atoms with van der Waals surface area (Å²) >= 11 is 0. The average Bonchev–Trinajstić information content (AvgIpc) is 1.87. The summed E-state index contributed by atoms with van der Waals surface area (Å²) in [6.07, 6.45) is 1.18. The van der Waals surface area contributed by atoms with Crippen LogP contribution in [0.2, 0.25) is 0 Å². The lowest BCUT2D eigenvalue weighted by Crippen LogP contribution is -2.48. The molecule has 1 heterocycles. The van der Waals surface area contributed by atoms with E-state index in [0.29, 0.717) is 12.8 Å². The van der Waals surface area contributed by atoms with Gasteiger partial charge in [-0.2, -0.15) is 0 Å². The maximum atomic E-state index is 12.8. The van der Waals surface area contributed by atoms with Gasteiger partial charge in [-0.15, -0.1) is 12.4 Å². The van der Waals surface area contributed by atoms with E-state index >= 15 is 0 Å². The molecule has 0 aromatic rings. The summed E-state index contributed by atoms with van der Waals surface area (Å²) in [5.41, 5.74) is 0. The van der Waals surface area contributed by atoms with E-state index in [1.807, 2.05) is 0 Å². The van der Waals surface area contributed by atoms with Gasteiger partial charge in [0.05, 0.1) is 6.04 Å². The fourth-order valence-electron chi connectivity index (χ4n) is 1.37. The summed E-state index contributed by atoms with van der Waals surface area (Å²) in [6, 6.07) is -0.582. The molecule has 11 heavy (non-hydrogen) atoms. The SMILES string of the molecule is CCC1NCCCC1(F)F.Cl. The molecule has 0 saturated carbocycles. The van der Waals surface area contributed by atoms with Crippen molar-refractivity contribution in [2.24, 2.45) is 0 Å². The van der Waals surface area contributed by atoms with E-state index in [4.69, 9.17) is 0 Å². The molecular formula is C7H14ClF2N. The Bertz CT molecular complexity index is 119. The van der Waals surface area contributed by atoms with E-state index in [1.165, 1.54) is 0 Å². The van der Waals surface area contributed by atoms with Gasteiger partial charge in [-0.25, -0.2) is 8.78 Å². The smallest absolute Gasteiger partial charge is 0.263 e. The molecule has 1 nitrogen and oxygen atoms in total. The monoisotopic (exact) mass is 185 g/mol. The molecule has 1 fully saturated rings. The van der Waals surface area contributed by atoms with Crippen LogP contribution in [0.15, 0.2) is 0 Å². The number of hydrogen-bond acceptors (Lipinski definition) is 1. The van der Waals surface area contributed by atoms with E-state index in [-0.39, 0.29) is 18.8 Å². The molecule has 0 aromatic carbocycles. The van der Waals surface area contributed by atoms with Gasteiger partial charge in [0.25, 0.3) is 5.92 Å². The Morgan fingerprint density at radius 3 is 2.55 bits per heavy atom. The van der Waals surface area contributed by atoms with Gasteiger partial charge in [-0.1, -0.05) is 6.92 Å². The van der Waals surface area contributed by atoms with Crippen molar-refractivity contribution in [3.05, 3.63) is 0 Å². The standard InChI is InChI=1S/C7H13F2N.ClH/c1-2-6-7(8,9)4-3-5-10-6;/h6,10H,2-5H2,1H3;1H. The van der Waals surface area contributed by atoms with Gasteiger partial charge in [0, 0.05) is 6.42 Å². The van der Waals surface area contributed by atoms with Crippen LogP contribution in [-0.4, -0.2) is 18.5 Å². The molecule has 1 rings (SSSR count). The lowest BCUT2D eigenvalue weighted by Gasteiger charge is -2.31. The third kappa shape index (κ3) is 2.56. The third-order valence-electron chi connectivity index (χ3n) is 2.00. The first-order valence-corrected chi connectivity index (χ1v) is 3.78. The summed E-state index contributed by atoms with van der Waals surface area (Å²) in [7, 11) is 0. The Morgan fingerprint density at radius 2 is 2.18 bits per heavy atom. The zero-order chi connectivity index (χ0) is 7.61. The quantitative estimate of drug-likeness (QED) is 0.661. The van der Waals surface area contributed by atoms with Crippen molar-refractivity contribution in [1.82, 2.24) is 5.32 Å². The lowest BCUT2D eigenvalue weighted by molar-refractivity contribution is -0.0613. The number of hydrogen-bond donors (Lipinski definition) is 1. The molecule has 1 aliphatic rings. The molecule has 0 radical (unpaired) electrons. The molecule has 0 bridgehead atoms. The van der Waals surface area contributed by atoms with Crippen LogP contribution in [0.4, 0.5) is 8.78 Å². The van der Waals surface area contributed by atoms with Gasteiger partial charge >= 0.3 is 0 Å². The van der Waals surface area contributed by atoms with Crippen LogP contribution in [0.5, 0.6) is 0 Å². The zero-order valence-corrected chi connectivity index (χ0v) is 7.39. The minimum Gasteiger partial charge on any atom is -0.309 e. The molecule has 1 atom stereocenters. The van der Waals surface area contributed by atoms with Gasteiger partial charge in [0.15, 0.2) is 0 Å². The Morgan fingerprint density at radius 1 is 1.55 bits per heavy atom. The van der Waals surface area contributed by atoms with Gasteiger partial charge in [0.2, 0.25) is 0 Å². The Hall–Kier alpha value is 0.110. The fourth-order valence-corrected chi connectivity index (χ4v) is 1.37. The van der Waals surface area contributed by atoms with Gasteiger partial charge < -0.3 is 5.32 Å². The van der Waals surface area contributed by atoms with Crippen molar-refractivity contribution < 1.29 is 8.78 Å². The van der Waals surface area contributed by atoms with E-state index < -0.39 is 12.0 Å². The van der Waals surface area contributed by atoms with Gasteiger partial charge in [-0.3, -0.25) is 0 Å². The summed E-state index contributed by atoms with van der Waals surface area (Å²) in [5, 5.41) is 2.81. The number of halogens is 3.